The highest BCUT2D eigenvalue weighted by atomic mass is 79.9. The smallest absolute Gasteiger partial charge is 0.132 e. The van der Waals surface area contributed by atoms with E-state index in [9.17, 15) is 9.50 Å². The van der Waals surface area contributed by atoms with Gasteiger partial charge in [0.05, 0.1) is 4.47 Å². The summed E-state index contributed by atoms with van der Waals surface area (Å²) in [6.45, 7) is 0.305. The second-order valence-electron chi connectivity index (χ2n) is 3.74. The van der Waals surface area contributed by atoms with Crippen molar-refractivity contribution in [3.63, 3.8) is 0 Å². The highest BCUT2D eigenvalue weighted by Gasteiger charge is 2.06. The van der Waals surface area contributed by atoms with Crippen molar-refractivity contribution in [1.82, 2.24) is 5.43 Å². The molecule has 2 aromatic rings. The van der Waals surface area contributed by atoms with Crippen molar-refractivity contribution in [3.8, 4) is 5.75 Å². The summed E-state index contributed by atoms with van der Waals surface area (Å²) in [5.41, 5.74) is 7.23. The van der Waals surface area contributed by atoms with Crippen molar-refractivity contribution in [3.05, 3.63) is 58.3 Å². The summed E-state index contributed by atoms with van der Waals surface area (Å²) >= 11 is 3.15. The van der Waals surface area contributed by atoms with Crippen LogP contribution in [0.25, 0.3) is 0 Å². The number of hydrogen-bond acceptors (Lipinski definition) is 3. The summed E-state index contributed by atoms with van der Waals surface area (Å²) in [5.74, 6) is -0.551. The summed E-state index contributed by atoms with van der Waals surface area (Å²) in [5, 5.41) is 9.31. The molecule has 0 saturated heterocycles. The molecule has 0 amide bonds. The summed E-state index contributed by atoms with van der Waals surface area (Å²) in [6.07, 6.45) is 0. The second-order valence-corrected chi connectivity index (χ2v) is 4.59. The van der Waals surface area contributed by atoms with Crippen molar-refractivity contribution in [2.45, 2.75) is 6.54 Å². The van der Waals surface area contributed by atoms with Crippen LogP contribution in [-0.4, -0.2) is 5.11 Å². The maximum Gasteiger partial charge on any atom is 0.132 e. The normalized spacial score (nSPS) is 10.3. The van der Waals surface area contributed by atoms with Gasteiger partial charge in [0, 0.05) is 23.9 Å². The van der Waals surface area contributed by atoms with E-state index in [1.807, 2.05) is 30.3 Å². The van der Waals surface area contributed by atoms with Gasteiger partial charge in [-0.1, -0.05) is 18.2 Å². The number of phenols is 1. The number of nitrogens with one attached hydrogen (secondary N) is 2. The van der Waals surface area contributed by atoms with Crippen LogP contribution in [0.3, 0.4) is 0 Å². The molecule has 3 N–H and O–H groups in total. The lowest BCUT2D eigenvalue weighted by Crippen LogP contribution is -2.21. The highest BCUT2D eigenvalue weighted by Crippen LogP contribution is 2.26. The Kier molecular flexibility index (Phi) is 4.17. The van der Waals surface area contributed by atoms with E-state index < -0.39 is 5.82 Å². The standard InChI is InChI=1S/C13H12BrFN2O/c14-11-6-9(12(15)7-13(11)18)8-16-17-10-4-2-1-3-5-10/h1-7,16-18H,8H2. The molecule has 18 heavy (non-hydrogen) atoms. The number of hydrazine groups is 1. The van der Waals surface area contributed by atoms with Crippen LogP contribution < -0.4 is 10.9 Å². The van der Waals surface area contributed by atoms with E-state index >= 15 is 0 Å². The molecule has 0 aliphatic heterocycles. The Labute approximate surface area is 113 Å². The number of halogens is 2. The molecular weight excluding hydrogens is 299 g/mol. The van der Waals surface area contributed by atoms with Crippen LogP contribution >= 0.6 is 15.9 Å². The largest absolute Gasteiger partial charge is 0.507 e. The molecule has 3 nitrogen and oxygen atoms in total. The lowest BCUT2D eigenvalue weighted by Gasteiger charge is -2.09. The molecule has 2 aromatic carbocycles. The fourth-order valence-electron chi connectivity index (χ4n) is 1.48. The molecule has 0 atom stereocenters. The van der Waals surface area contributed by atoms with Crippen LogP contribution in [0.15, 0.2) is 46.9 Å². The Morgan fingerprint density at radius 1 is 1.17 bits per heavy atom. The first kappa shape index (κ1) is 12.9. The van der Waals surface area contributed by atoms with Crippen LogP contribution in [-0.2, 0) is 6.54 Å². The molecule has 0 aliphatic carbocycles. The minimum Gasteiger partial charge on any atom is -0.507 e. The number of phenolic OH excluding ortho intramolecular Hbond substituents is 1. The fraction of sp³-hybridized carbons (Fsp3) is 0.0769. The van der Waals surface area contributed by atoms with Gasteiger partial charge in [-0.3, -0.25) is 0 Å². The minimum absolute atomic E-state index is 0.104. The van der Waals surface area contributed by atoms with Gasteiger partial charge < -0.3 is 10.5 Å². The number of hydrogen-bond donors (Lipinski definition) is 3. The predicted octanol–water partition coefficient (Wildman–Crippen LogP) is 3.41. The Morgan fingerprint density at radius 3 is 2.61 bits per heavy atom. The van der Waals surface area contributed by atoms with Gasteiger partial charge in [0.2, 0.25) is 0 Å². The average molecular weight is 311 g/mol. The van der Waals surface area contributed by atoms with Crippen molar-refractivity contribution < 1.29 is 9.50 Å². The lowest BCUT2D eigenvalue weighted by molar-refractivity contribution is 0.464. The van der Waals surface area contributed by atoms with E-state index in [1.54, 1.807) is 6.07 Å². The van der Waals surface area contributed by atoms with E-state index in [1.165, 1.54) is 0 Å². The summed E-state index contributed by atoms with van der Waals surface area (Å²) in [6, 6.07) is 12.2. The molecule has 2 rings (SSSR count). The van der Waals surface area contributed by atoms with Gasteiger partial charge in [0.1, 0.15) is 11.6 Å². The topological polar surface area (TPSA) is 44.3 Å². The SMILES string of the molecule is Oc1cc(F)c(CNNc2ccccc2)cc1Br. The third kappa shape index (κ3) is 3.21. The van der Waals surface area contributed by atoms with Crippen molar-refractivity contribution in [2.24, 2.45) is 0 Å². The molecule has 0 fully saturated rings. The van der Waals surface area contributed by atoms with Gasteiger partial charge in [0.25, 0.3) is 0 Å². The molecule has 0 radical (unpaired) electrons. The Bertz CT molecular complexity index is 534. The Balaban J connectivity index is 1.97. The van der Waals surface area contributed by atoms with E-state index in [2.05, 4.69) is 26.8 Å². The van der Waals surface area contributed by atoms with Crippen molar-refractivity contribution >= 4 is 21.6 Å². The van der Waals surface area contributed by atoms with Crippen LogP contribution in [0.5, 0.6) is 5.75 Å². The van der Waals surface area contributed by atoms with Crippen molar-refractivity contribution in [1.29, 1.82) is 0 Å². The maximum atomic E-state index is 13.5. The van der Waals surface area contributed by atoms with E-state index in [0.717, 1.165) is 11.8 Å². The predicted molar refractivity (Wildman–Crippen MR) is 72.7 cm³/mol. The zero-order chi connectivity index (χ0) is 13.0. The Hall–Kier alpha value is -1.59. The molecule has 5 heteroatoms. The molecule has 0 spiro atoms. The molecule has 0 aliphatic rings. The Morgan fingerprint density at radius 2 is 1.89 bits per heavy atom. The number of para-hydroxylation sites is 1. The van der Waals surface area contributed by atoms with Crippen LogP contribution in [0.1, 0.15) is 5.56 Å². The monoisotopic (exact) mass is 310 g/mol. The third-order valence-electron chi connectivity index (χ3n) is 2.40. The van der Waals surface area contributed by atoms with Gasteiger partial charge >= 0.3 is 0 Å². The zero-order valence-electron chi connectivity index (χ0n) is 9.45. The van der Waals surface area contributed by atoms with Gasteiger partial charge in [-0.2, -0.15) is 0 Å². The molecule has 94 valence electrons. The second kappa shape index (κ2) is 5.84. The zero-order valence-corrected chi connectivity index (χ0v) is 11.0. The third-order valence-corrected chi connectivity index (χ3v) is 3.04. The van der Waals surface area contributed by atoms with Gasteiger partial charge in [0.15, 0.2) is 0 Å². The summed E-state index contributed by atoms with van der Waals surface area (Å²) < 4.78 is 14.0. The highest BCUT2D eigenvalue weighted by molar-refractivity contribution is 9.10. The van der Waals surface area contributed by atoms with Crippen LogP contribution in [0, 0.1) is 5.82 Å². The maximum absolute atomic E-state index is 13.5. The first-order valence-electron chi connectivity index (χ1n) is 5.37. The minimum atomic E-state index is -0.446. The molecular formula is C13H12BrFN2O. The molecule has 0 saturated carbocycles. The first-order chi connectivity index (χ1) is 8.66. The lowest BCUT2D eigenvalue weighted by atomic mass is 10.2. The van der Waals surface area contributed by atoms with Crippen LogP contribution in [0.4, 0.5) is 10.1 Å². The van der Waals surface area contributed by atoms with E-state index in [0.29, 0.717) is 16.6 Å². The quantitative estimate of drug-likeness (QED) is 0.758. The number of anilines is 1. The van der Waals surface area contributed by atoms with Crippen molar-refractivity contribution in [2.75, 3.05) is 5.43 Å². The van der Waals surface area contributed by atoms with Gasteiger partial charge in [-0.15, -0.1) is 0 Å². The number of benzene rings is 2. The van der Waals surface area contributed by atoms with E-state index in [-0.39, 0.29) is 5.75 Å². The van der Waals surface area contributed by atoms with E-state index in [4.69, 9.17) is 0 Å². The first-order valence-corrected chi connectivity index (χ1v) is 6.17. The summed E-state index contributed by atoms with van der Waals surface area (Å²) in [4.78, 5) is 0. The number of aromatic hydroxyl groups is 1. The molecule has 0 bridgehead atoms. The molecule has 0 aromatic heterocycles. The number of rotatable bonds is 4. The van der Waals surface area contributed by atoms with Crippen LogP contribution in [0.2, 0.25) is 0 Å². The fourth-order valence-corrected chi connectivity index (χ4v) is 1.87. The molecule has 0 unspecified atom stereocenters. The molecule has 0 heterocycles. The van der Waals surface area contributed by atoms with Gasteiger partial charge in [-0.25, -0.2) is 9.82 Å². The average Bonchev–Trinajstić information content (AvgIpc) is 2.37. The van der Waals surface area contributed by atoms with Gasteiger partial charge in [-0.05, 0) is 34.1 Å². The summed E-state index contributed by atoms with van der Waals surface area (Å²) in [7, 11) is 0.